The SMILES string of the molecule is Cc1nc(C)c(C(=O)Nc2nc(-c3ccccc3)cc(N3CCCC3)n2)o1. The molecule has 0 unspecified atom stereocenters. The molecule has 27 heavy (non-hydrogen) atoms. The molecular formula is C20H21N5O2. The van der Waals surface area contributed by atoms with Crippen LogP contribution in [0.1, 0.15) is 35.0 Å². The smallest absolute Gasteiger partial charge is 0.295 e. The van der Waals surface area contributed by atoms with Gasteiger partial charge in [-0.15, -0.1) is 0 Å². The van der Waals surface area contributed by atoms with Crippen molar-refractivity contribution in [2.45, 2.75) is 26.7 Å². The van der Waals surface area contributed by atoms with Gasteiger partial charge in [0.2, 0.25) is 11.7 Å². The number of amides is 1. The minimum atomic E-state index is -0.398. The first-order valence-electron chi connectivity index (χ1n) is 9.05. The highest BCUT2D eigenvalue weighted by Crippen LogP contribution is 2.26. The van der Waals surface area contributed by atoms with E-state index in [2.05, 4.69) is 25.2 Å². The third kappa shape index (κ3) is 3.67. The first-order chi connectivity index (χ1) is 13.1. The molecule has 1 aliphatic rings. The van der Waals surface area contributed by atoms with Crippen LogP contribution < -0.4 is 10.2 Å². The van der Waals surface area contributed by atoms with E-state index in [1.54, 1.807) is 13.8 Å². The van der Waals surface area contributed by atoms with E-state index in [0.717, 1.165) is 43.0 Å². The number of anilines is 2. The van der Waals surface area contributed by atoms with Crippen LogP contribution in [0.4, 0.5) is 11.8 Å². The minimum Gasteiger partial charge on any atom is -0.436 e. The lowest BCUT2D eigenvalue weighted by molar-refractivity contribution is 0.0993. The zero-order valence-electron chi connectivity index (χ0n) is 15.4. The van der Waals surface area contributed by atoms with E-state index < -0.39 is 5.91 Å². The van der Waals surface area contributed by atoms with E-state index in [9.17, 15) is 4.79 Å². The molecule has 138 valence electrons. The number of benzene rings is 1. The molecule has 1 fully saturated rings. The standard InChI is InChI=1S/C20H21N5O2/c1-13-18(27-14(2)21-13)19(26)24-20-22-16(15-8-4-3-5-9-15)12-17(23-20)25-10-6-7-11-25/h3-5,8-9,12H,6-7,10-11H2,1-2H3,(H,22,23,24,26). The van der Waals surface area contributed by atoms with Gasteiger partial charge in [-0.1, -0.05) is 30.3 Å². The normalized spacial score (nSPS) is 13.8. The molecule has 1 amide bonds. The molecule has 1 N–H and O–H groups in total. The summed E-state index contributed by atoms with van der Waals surface area (Å²) in [6, 6.07) is 11.8. The van der Waals surface area contributed by atoms with Crippen molar-refractivity contribution in [2.24, 2.45) is 0 Å². The molecule has 2 aromatic heterocycles. The van der Waals surface area contributed by atoms with Crippen molar-refractivity contribution >= 4 is 17.7 Å². The van der Waals surface area contributed by atoms with Crippen LogP contribution in [0.15, 0.2) is 40.8 Å². The maximum atomic E-state index is 12.6. The molecule has 3 aromatic rings. The van der Waals surface area contributed by atoms with Crippen molar-refractivity contribution in [3.63, 3.8) is 0 Å². The van der Waals surface area contributed by atoms with Crippen molar-refractivity contribution in [3.8, 4) is 11.3 Å². The topological polar surface area (TPSA) is 84.2 Å². The van der Waals surface area contributed by atoms with E-state index in [0.29, 0.717) is 11.6 Å². The lowest BCUT2D eigenvalue weighted by atomic mass is 10.1. The monoisotopic (exact) mass is 363 g/mol. The number of carbonyl (C=O) groups excluding carboxylic acids is 1. The van der Waals surface area contributed by atoms with Gasteiger partial charge in [-0.05, 0) is 19.8 Å². The number of rotatable bonds is 4. The van der Waals surface area contributed by atoms with E-state index in [-0.39, 0.29) is 11.7 Å². The predicted octanol–water partition coefficient (Wildman–Crippen LogP) is 3.60. The van der Waals surface area contributed by atoms with Gasteiger partial charge in [0, 0.05) is 31.6 Å². The second-order valence-electron chi connectivity index (χ2n) is 6.60. The first kappa shape index (κ1) is 17.2. The summed E-state index contributed by atoms with van der Waals surface area (Å²) in [6.45, 7) is 5.36. The summed E-state index contributed by atoms with van der Waals surface area (Å²) in [5, 5.41) is 2.76. The number of hydrogen-bond donors (Lipinski definition) is 1. The van der Waals surface area contributed by atoms with E-state index >= 15 is 0 Å². The summed E-state index contributed by atoms with van der Waals surface area (Å²) < 4.78 is 5.40. The minimum absolute atomic E-state index is 0.184. The molecule has 3 heterocycles. The average molecular weight is 363 g/mol. The van der Waals surface area contributed by atoms with Gasteiger partial charge in [-0.3, -0.25) is 10.1 Å². The maximum absolute atomic E-state index is 12.6. The summed E-state index contributed by atoms with van der Waals surface area (Å²) in [7, 11) is 0. The van der Waals surface area contributed by atoms with Gasteiger partial charge in [0.15, 0.2) is 5.89 Å². The molecule has 7 nitrogen and oxygen atoms in total. The molecule has 0 saturated carbocycles. The molecule has 7 heteroatoms. The predicted molar refractivity (Wildman–Crippen MR) is 103 cm³/mol. The van der Waals surface area contributed by atoms with Crippen LogP contribution in [0, 0.1) is 13.8 Å². The molecule has 0 radical (unpaired) electrons. The summed E-state index contributed by atoms with van der Waals surface area (Å²) in [5.41, 5.74) is 2.29. The Bertz CT molecular complexity index is 962. The second-order valence-corrected chi connectivity index (χ2v) is 6.60. The van der Waals surface area contributed by atoms with Crippen LogP contribution in [-0.2, 0) is 0 Å². The Morgan fingerprint density at radius 1 is 1.07 bits per heavy atom. The van der Waals surface area contributed by atoms with Crippen LogP contribution in [0.2, 0.25) is 0 Å². The Morgan fingerprint density at radius 3 is 2.48 bits per heavy atom. The summed E-state index contributed by atoms with van der Waals surface area (Å²) in [4.78, 5) is 28.1. The third-order valence-corrected chi connectivity index (χ3v) is 4.55. The highest BCUT2D eigenvalue weighted by molar-refractivity contribution is 6.02. The second kappa shape index (κ2) is 7.19. The van der Waals surface area contributed by atoms with Crippen molar-refractivity contribution in [1.82, 2.24) is 15.0 Å². The molecule has 0 bridgehead atoms. The Balaban J connectivity index is 1.69. The van der Waals surface area contributed by atoms with Crippen LogP contribution in [0.3, 0.4) is 0 Å². The summed E-state index contributed by atoms with van der Waals surface area (Å²) in [5.74, 6) is 1.32. The van der Waals surface area contributed by atoms with Crippen LogP contribution >= 0.6 is 0 Å². The first-order valence-corrected chi connectivity index (χ1v) is 9.05. The van der Waals surface area contributed by atoms with Crippen molar-refractivity contribution in [3.05, 3.63) is 53.7 Å². The number of hydrogen-bond acceptors (Lipinski definition) is 6. The van der Waals surface area contributed by atoms with E-state index in [4.69, 9.17) is 4.42 Å². The van der Waals surface area contributed by atoms with Gasteiger partial charge in [0.05, 0.1) is 11.4 Å². The van der Waals surface area contributed by atoms with Gasteiger partial charge < -0.3 is 9.32 Å². The molecule has 1 aromatic carbocycles. The third-order valence-electron chi connectivity index (χ3n) is 4.55. The zero-order chi connectivity index (χ0) is 18.8. The maximum Gasteiger partial charge on any atom is 0.295 e. The molecule has 0 spiro atoms. The van der Waals surface area contributed by atoms with Crippen molar-refractivity contribution in [2.75, 3.05) is 23.3 Å². The highest BCUT2D eigenvalue weighted by atomic mass is 16.4. The number of nitrogens with zero attached hydrogens (tertiary/aromatic N) is 4. The summed E-state index contributed by atoms with van der Waals surface area (Å²) in [6.07, 6.45) is 2.28. The van der Waals surface area contributed by atoms with Crippen molar-refractivity contribution in [1.29, 1.82) is 0 Å². The number of oxazole rings is 1. The number of carbonyl (C=O) groups is 1. The quantitative estimate of drug-likeness (QED) is 0.762. The van der Waals surface area contributed by atoms with Gasteiger partial charge in [0.25, 0.3) is 5.91 Å². The number of nitrogens with one attached hydrogen (secondary N) is 1. The van der Waals surface area contributed by atoms with Gasteiger partial charge in [-0.2, -0.15) is 4.98 Å². The average Bonchev–Trinajstić information content (AvgIpc) is 3.32. The van der Waals surface area contributed by atoms with E-state index in [1.807, 2.05) is 36.4 Å². The fourth-order valence-corrected chi connectivity index (χ4v) is 3.26. The number of aryl methyl sites for hydroxylation is 2. The van der Waals surface area contributed by atoms with Gasteiger partial charge in [-0.25, -0.2) is 9.97 Å². The van der Waals surface area contributed by atoms with Gasteiger partial charge >= 0.3 is 0 Å². The molecule has 0 atom stereocenters. The van der Waals surface area contributed by atoms with Crippen molar-refractivity contribution < 1.29 is 9.21 Å². The van der Waals surface area contributed by atoms with Gasteiger partial charge in [0.1, 0.15) is 5.82 Å². The molecule has 0 aliphatic carbocycles. The van der Waals surface area contributed by atoms with Crippen LogP contribution in [0.5, 0.6) is 0 Å². The lowest BCUT2D eigenvalue weighted by Crippen LogP contribution is -2.21. The van der Waals surface area contributed by atoms with Crippen LogP contribution in [-0.4, -0.2) is 33.9 Å². The highest BCUT2D eigenvalue weighted by Gasteiger charge is 2.20. The Kier molecular flexibility index (Phi) is 4.58. The Labute approximate surface area is 157 Å². The molecule has 1 saturated heterocycles. The zero-order valence-corrected chi connectivity index (χ0v) is 15.4. The molecule has 4 rings (SSSR count). The Hall–Kier alpha value is -3.22. The van der Waals surface area contributed by atoms with E-state index in [1.165, 1.54) is 0 Å². The largest absolute Gasteiger partial charge is 0.436 e. The van der Waals surface area contributed by atoms with Crippen LogP contribution in [0.25, 0.3) is 11.3 Å². The fourth-order valence-electron chi connectivity index (χ4n) is 3.26. The fraction of sp³-hybridized carbons (Fsp3) is 0.300. The molecule has 1 aliphatic heterocycles. The lowest BCUT2D eigenvalue weighted by Gasteiger charge is -2.18. The summed E-state index contributed by atoms with van der Waals surface area (Å²) >= 11 is 0. The number of aromatic nitrogens is 3. The molecular weight excluding hydrogens is 342 g/mol. The Morgan fingerprint density at radius 2 is 1.81 bits per heavy atom.